The van der Waals surface area contributed by atoms with E-state index in [-0.39, 0.29) is 6.04 Å². The van der Waals surface area contributed by atoms with E-state index < -0.39 is 0 Å². The fraction of sp³-hybridized carbons (Fsp3) is 0.286. The number of aromatic nitrogens is 2. The number of hydrogen-bond acceptors (Lipinski definition) is 5. The number of nitrogens with zero attached hydrogens (tertiary/aromatic N) is 2. The molecule has 0 aliphatic heterocycles. The van der Waals surface area contributed by atoms with Crippen LogP contribution >= 0.6 is 0 Å². The summed E-state index contributed by atoms with van der Waals surface area (Å²) in [7, 11) is 0. The van der Waals surface area contributed by atoms with Crippen LogP contribution in [0.5, 0.6) is 0 Å². The van der Waals surface area contributed by atoms with E-state index in [0.717, 1.165) is 17.4 Å². The number of fused-ring (bicyclic) bond motifs is 1. The average Bonchev–Trinajstić information content (AvgIpc) is 3.03. The summed E-state index contributed by atoms with van der Waals surface area (Å²) in [6, 6.07) is 7.66. The van der Waals surface area contributed by atoms with Gasteiger partial charge in [0.25, 0.3) is 5.89 Å². The standard InChI is InChI=1S/C14H15N3O2/c1-3-10(15)13-16-17-14(19-13)12-7-9-6-8(2)4-5-11(9)18-12/h4-7,10H,3,15H2,1-2H3. The molecule has 5 heteroatoms. The first-order valence-electron chi connectivity index (χ1n) is 6.27. The largest absolute Gasteiger partial charge is 0.451 e. The summed E-state index contributed by atoms with van der Waals surface area (Å²) in [5.74, 6) is 1.38. The lowest BCUT2D eigenvalue weighted by molar-refractivity contribution is 0.443. The highest BCUT2D eigenvalue weighted by Gasteiger charge is 2.16. The van der Waals surface area contributed by atoms with E-state index >= 15 is 0 Å². The molecule has 19 heavy (non-hydrogen) atoms. The number of aryl methyl sites for hydroxylation is 1. The van der Waals surface area contributed by atoms with E-state index in [1.807, 2.05) is 32.0 Å². The van der Waals surface area contributed by atoms with Gasteiger partial charge in [-0.2, -0.15) is 0 Å². The van der Waals surface area contributed by atoms with Crippen molar-refractivity contribution in [2.75, 3.05) is 0 Å². The molecule has 1 atom stereocenters. The van der Waals surface area contributed by atoms with Crippen LogP contribution in [0, 0.1) is 6.92 Å². The first kappa shape index (κ1) is 11.9. The lowest BCUT2D eigenvalue weighted by Crippen LogP contribution is -2.08. The molecule has 5 nitrogen and oxygen atoms in total. The summed E-state index contributed by atoms with van der Waals surface area (Å²) in [6.45, 7) is 4.01. The molecule has 0 radical (unpaired) electrons. The van der Waals surface area contributed by atoms with Crippen LogP contribution in [0.3, 0.4) is 0 Å². The zero-order valence-corrected chi connectivity index (χ0v) is 10.9. The number of benzene rings is 1. The van der Waals surface area contributed by atoms with E-state index in [1.54, 1.807) is 0 Å². The van der Waals surface area contributed by atoms with Crippen LogP contribution < -0.4 is 5.73 Å². The normalized spacial score (nSPS) is 13.0. The maximum absolute atomic E-state index is 5.85. The Labute approximate surface area is 110 Å². The molecule has 0 saturated carbocycles. The fourth-order valence-electron chi connectivity index (χ4n) is 1.93. The van der Waals surface area contributed by atoms with Gasteiger partial charge in [0, 0.05) is 5.39 Å². The molecule has 2 aromatic heterocycles. The Kier molecular flexibility index (Phi) is 2.83. The summed E-state index contributed by atoms with van der Waals surface area (Å²) in [6.07, 6.45) is 0.751. The van der Waals surface area contributed by atoms with Crippen molar-refractivity contribution in [2.24, 2.45) is 5.73 Å². The van der Waals surface area contributed by atoms with Crippen LogP contribution in [-0.2, 0) is 0 Å². The smallest absolute Gasteiger partial charge is 0.283 e. The van der Waals surface area contributed by atoms with Crippen molar-refractivity contribution in [3.8, 4) is 11.7 Å². The number of rotatable bonds is 3. The number of hydrogen-bond donors (Lipinski definition) is 1. The molecule has 0 spiro atoms. The highest BCUT2D eigenvalue weighted by Crippen LogP contribution is 2.28. The predicted octanol–water partition coefficient (Wildman–Crippen LogP) is 3.20. The Morgan fingerprint density at radius 2 is 2.05 bits per heavy atom. The zero-order valence-electron chi connectivity index (χ0n) is 10.9. The molecule has 0 amide bonds. The Hall–Kier alpha value is -2.14. The van der Waals surface area contributed by atoms with Gasteiger partial charge >= 0.3 is 0 Å². The van der Waals surface area contributed by atoms with E-state index in [9.17, 15) is 0 Å². The minimum Gasteiger partial charge on any atom is -0.451 e. The van der Waals surface area contributed by atoms with Crippen LogP contribution in [0.25, 0.3) is 22.6 Å². The third-order valence-corrected chi connectivity index (χ3v) is 3.08. The molecule has 0 aliphatic carbocycles. The van der Waals surface area contributed by atoms with Crippen LogP contribution in [0.4, 0.5) is 0 Å². The lowest BCUT2D eigenvalue weighted by atomic mass is 10.2. The van der Waals surface area contributed by atoms with Gasteiger partial charge in [-0.25, -0.2) is 0 Å². The predicted molar refractivity (Wildman–Crippen MR) is 71.5 cm³/mol. The topological polar surface area (TPSA) is 78.1 Å². The van der Waals surface area contributed by atoms with Crippen molar-refractivity contribution in [2.45, 2.75) is 26.3 Å². The molecule has 3 aromatic rings. The van der Waals surface area contributed by atoms with E-state index in [4.69, 9.17) is 14.6 Å². The minimum atomic E-state index is -0.229. The highest BCUT2D eigenvalue weighted by atomic mass is 16.4. The monoisotopic (exact) mass is 257 g/mol. The van der Waals surface area contributed by atoms with Gasteiger partial charge in [0.05, 0.1) is 6.04 Å². The van der Waals surface area contributed by atoms with Crippen molar-refractivity contribution in [1.29, 1.82) is 0 Å². The van der Waals surface area contributed by atoms with Crippen molar-refractivity contribution < 1.29 is 8.83 Å². The molecule has 2 N–H and O–H groups in total. The van der Waals surface area contributed by atoms with E-state index in [0.29, 0.717) is 17.5 Å². The van der Waals surface area contributed by atoms with Gasteiger partial charge in [0.1, 0.15) is 5.58 Å². The third-order valence-electron chi connectivity index (χ3n) is 3.08. The van der Waals surface area contributed by atoms with Gasteiger partial charge in [0.2, 0.25) is 5.89 Å². The van der Waals surface area contributed by atoms with Crippen molar-refractivity contribution in [3.05, 3.63) is 35.7 Å². The second kappa shape index (κ2) is 4.51. The van der Waals surface area contributed by atoms with E-state index in [2.05, 4.69) is 16.3 Å². The maximum atomic E-state index is 5.85. The molecular formula is C14H15N3O2. The van der Waals surface area contributed by atoms with Crippen LogP contribution in [0.15, 0.2) is 33.1 Å². The molecule has 0 bridgehead atoms. The molecule has 0 aliphatic rings. The first-order valence-corrected chi connectivity index (χ1v) is 6.27. The summed E-state index contributed by atoms with van der Waals surface area (Å²) < 4.78 is 11.2. The Balaban J connectivity index is 2.01. The zero-order chi connectivity index (χ0) is 13.4. The third kappa shape index (κ3) is 2.13. The summed E-state index contributed by atoms with van der Waals surface area (Å²) >= 11 is 0. The molecule has 2 heterocycles. The quantitative estimate of drug-likeness (QED) is 0.779. The van der Waals surface area contributed by atoms with Crippen molar-refractivity contribution >= 4 is 11.0 Å². The molecule has 0 fully saturated rings. The first-order chi connectivity index (χ1) is 9.17. The Bertz CT molecular complexity index is 714. The van der Waals surface area contributed by atoms with Crippen molar-refractivity contribution in [1.82, 2.24) is 10.2 Å². The lowest BCUT2D eigenvalue weighted by Gasteiger charge is -1.99. The van der Waals surface area contributed by atoms with Crippen LogP contribution in [0.1, 0.15) is 30.8 Å². The van der Waals surface area contributed by atoms with Gasteiger partial charge in [0.15, 0.2) is 5.76 Å². The van der Waals surface area contributed by atoms with Gasteiger partial charge in [-0.3, -0.25) is 0 Å². The number of furan rings is 1. The maximum Gasteiger partial charge on any atom is 0.283 e. The minimum absolute atomic E-state index is 0.229. The second-order valence-electron chi connectivity index (χ2n) is 4.61. The van der Waals surface area contributed by atoms with Gasteiger partial charge < -0.3 is 14.6 Å². The summed E-state index contributed by atoms with van der Waals surface area (Å²) in [5, 5.41) is 8.95. The second-order valence-corrected chi connectivity index (χ2v) is 4.61. The molecule has 0 saturated heterocycles. The summed E-state index contributed by atoms with van der Waals surface area (Å²) in [4.78, 5) is 0. The summed E-state index contributed by atoms with van der Waals surface area (Å²) in [5.41, 5.74) is 7.84. The van der Waals surface area contributed by atoms with Crippen LogP contribution in [-0.4, -0.2) is 10.2 Å². The molecule has 98 valence electrons. The van der Waals surface area contributed by atoms with Gasteiger partial charge in [-0.15, -0.1) is 10.2 Å². The molecular weight excluding hydrogens is 242 g/mol. The van der Waals surface area contributed by atoms with Crippen molar-refractivity contribution in [3.63, 3.8) is 0 Å². The number of nitrogens with two attached hydrogens (primary N) is 1. The molecule has 1 unspecified atom stereocenters. The fourth-order valence-corrected chi connectivity index (χ4v) is 1.93. The highest BCUT2D eigenvalue weighted by molar-refractivity contribution is 5.82. The molecule has 3 rings (SSSR count). The average molecular weight is 257 g/mol. The van der Waals surface area contributed by atoms with Gasteiger partial charge in [-0.1, -0.05) is 18.6 Å². The Morgan fingerprint density at radius 1 is 1.21 bits per heavy atom. The van der Waals surface area contributed by atoms with E-state index in [1.165, 1.54) is 5.56 Å². The SMILES string of the molecule is CCC(N)c1nnc(-c2cc3cc(C)ccc3o2)o1. The Morgan fingerprint density at radius 3 is 2.84 bits per heavy atom. The van der Waals surface area contributed by atoms with Gasteiger partial charge in [-0.05, 0) is 31.5 Å². The molecule has 1 aromatic carbocycles. The van der Waals surface area contributed by atoms with Crippen LogP contribution in [0.2, 0.25) is 0 Å².